The average Bonchev–Trinajstić information content (AvgIpc) is 3.44. The van der Waals surface area contributed by atoms with Gasteiger partial charge in [0.15, 0.2) is 0 Å². The molecule has 0 saturated carbocycles. The van der Waals surface area contributed by atoms with Crippen LogP contribution in [0.3, 0.4) is 0 Å². The summed E-state index contributed by atoms with van der Waals surface area (Å²) in [7, 11) is 3.31. The Morgan fingerprint density at radius 3 is 2.70 bits per heavy atom. The molecule has 0 N–H and O–H groups in total. The van der Waals surface area contributed by atoms with Gasteiger partial charge in [-0.1, -0.05) is 17.3 Å². The maximum absolute atomic E-state index is 5.62. The van der Waals surface area contributed by atoms with Gasteiger partial charge in [0.1, 0.15) is 12.4 Å². The van der Waals surface area contributed by atoms with Crippen molar-refractivity contribution < 1.29 is 18.7 Å². The van der Waals surface area contributed by atoms with Gasteiger partial charge in [-0.15, -0.1) is 0 Å². The maximum Gasteiger partial charge on any atom is 0.244 e. The zero-order chi connectivity index (χ0) is 20.8. The van der Waals surface area contributed by atoms with Gasteiger partial charge in [-0.3, -0.25) is 4.90 Å². The smallest absolute Gasteiger partial charge is 0.244 e. The Bertz CT molecular complexity index is 927. The summed E-state index contributed by atoms with van der Waals surface area (Å²) in [5, 5.41) is 4.17. The Kier molecular flexibility index (Phi) is 6.56. The molecule has 158 valence electrons. The lowest BCUT2D eigenvalue weighted by Gasteiger charge is -2.21. The molecule has 3 heterocycles. The fraction of sp³-hybridized carbons (Fsp3) is 0.409. The molecule has 1 aromatic carbocycles. The summed E-state index contributed by atoms with van der Waals surface area (Å²) in [6, 6.07) is 12.0. The Balaban J connectivity index is 1.42. The van der Waals surface area contributed by atoms with Crippen molar-refractivity contribution in [1.82, 2.24) is 20.0 Å². The van der Waals surface area contributed by atoms with E-state index in [9.17, 15) is 0 Å². The van der Waals surface area contributed by atoms with E-state index in [0.717, 1.165) is 37.2 Å². The van der Waals surface area contributed by atoms with Crippen molar-refractivity contribution in [2.75, 3.05) is 34.0 Å². The van der Waals surface area contributed by atoms with E-state index in [1.54, 1.807) is 26.5 Å². The van der Waals surface area contributed by atoms with Crippen LogP contribution < -0.4 is 9.47 Å². The van der Waals surface area contributed by atoms with E-state index in [4.69, 9.17) is 18.7 Å². The minimum absolute atomic E-state index is 0.123. The standard InChI is InChI=1S/C22H26N4O4/c1-27-12-13-29-20-10-7-17(14-23-20)21-24-22(30-25-21)19-4-3-11-26(19)15-16-5-8-18(28-2)9-6-16/h5-10,14,19H,3-4,11-13,15H2,1-2H3/t19-/m0/s1. The van der Waals surface area contributed by atoms with Crippen molar-refractivity contribution in [3.63, 3.8) is 0 Å². The number of likely N-dealkylation sites (tertiary alicyclic amines) is 1. The number of nitrogens with zero attached hydrogens (tertiary/aromatic N) is 4. The molecule has 0 radical (unpaired) electrons. The van der Waals surface area contributed by atoms with E-state index in [2.05, 4.69) is 32.2 Å². The summed E-state index contributed by atoms with van der Waals surface area (Å²) < 4.78 is 21.3. The highest BCUT2D eigenvalue weighted by atomic mass is 16.5. The van der Waals surface area contributed by atoms with E-state index in [1.807, 2.05) is 18.2 Å². The van der Waals surface area contributed by atoms with Gasteiger partial charge in [-0.25, -0.2) is 4.98 Å². The molecule has 30 heavy (non-hydrogen) atoms. The molecule has 1 atom stereocenters. The second kappa shape index (κ2) is 9.69. The summed E-state index contributed by atoms with van der Waals surface area (Å²) >= 11 is 0. The predicted molar refractivity (Wildman–Crippen MR) is 110 cm³/mol. The highest BCUT2D eigenvalue weighted by Gasteiger charge is 2.30. The lowest BCUT2D eigenvalue weighted by Crippen LogP contribution is -2.23. The number of benzene rings is 1. The van der Waals surface area contributed by atoms with Crippen LogP contribution in [0, 0.1) is 0 Å². The normalized spacial score (nSPS) is 16.7. The second-order valence-electron chi connectivity index (χ2n) is 7.16. The molecule has 3 aromatic rings. The minimum atomic E-state index is 0.123. The lowest BCUT2D eigenvalue weighted by atomic mass is 10.1. The topological polar surface area (TPSA) is 82.7 Å². The molecule has 0 unspecified atom stereocenters. The fourth-order valence-electron chi connectivity index (χ4n) is 3.58. The van der Waals surface area contributed by atoms with E-state index in [-0.39, 0.29) is 6.04 Å². The molecule has 0 spiro atoms. The summed E-state index contributed by atoms with van der Waals surface area (Å²) in [6.07, 6.45) is 3.80. The van der Waals surface area contributed by atoms with Crippen LogP contribution in [0.25, 0.3) is 11.4 Å². The van der Waals surface area contributed by atoms with Crippen molar-refractivity contribution in [3.05, 3.63) is 54.0 Å². The van der Waals surface area contributed by atoms with Gasteiger partial charge in [-0.2, -0.15) is 4.98 Å². The van der Waals surface area contributed by atoms with Crippen molar-refractivity contribution in [2.24, 2.45) is 0 Å². The number of hydrogen-bond donors (Lipinski definition) is 0. The van der Waals surface area contributed by atoms with Crippen LogP contribution >= 0.6 is 0 Å². The van der Waals surface area contributed by atoms with E-state index in [1.165, 1.54) is 5.56 Å². The van der Waals surface area contributed by atoms with Gasteiger partial charge in [-0.05, 0) is 43.1 Å². The largest absolute Gasteiger partial charge is 0.497 e. The molecule has 1 saturated heterocycles. The number of aromatic nitrogens is 3. The van der Waals surface area contributed by atoms with E-state index < -0.39 is 0 Å². The Hall–Kier alpha value is -2.97. The third-order valence-electron chi connectivity index (χ3n) is 5.17. The Morgan fingerprint density at radius 2 is 1.97 bits per heavy atom. The zero-order valence-electron chi connectivity index (χ0n) is 17.3. The molecule has 0 bridgehead atoms. The second-order valence-corrected chi connectivity index (χ2v) is 7.16. The quantitative estimate of drug-likeness (QED) is 0.496. The van der Waals surface area contributed by atoms with Gasteiger partial charge >= 0.3 is 0 Å². The fourth-order valence-corrected chi connectivity index (χ4v) is 3.58. The van der Waals surface area contributed by atoms with Crippen molar-refractivity contribution in [1.29, 1.82) is 0 Å². The van der Waals surface area contributed by atoms with Crippen LogP contribution in [0.5, 0.6) is 11.6 Å². The van der Waals surface area contributed by atoms with Gasteiger partial charge in [0.2, 0.25) is 17.6 Å². The lowest BCUT2D eigenvalue weighted by molar-refractivity contribution is 0.144. The van der Waals surface area contributed by atoms with Gasteiger partial charge in [0.25, 0.3) is 0 Å². The molecule has 1 aliphatic rings. The van der Waals surface area contributed by atoms with Crippen molar-refractivity contribution in [3.8, 4) is 23.0 Å². The summed E-state index contributed by atoms with van der Waals surface area (Å²) in [4.78, 5) is 11.3. The summed E-state index contributed by atoms with van der Waals surface area (Å²) in [6.45, 7) is 2.82. The van der Waals surface area contributed by atoms with Crippen LogP contribution in [-0.2, 0) is 11.3 Å². The van der Waals surface area contributed by atoms with Crippen LogP contribution in [0.15, 0.2) is 47.1 Å². The first-order valence-electron chi connectivity index (χ1n) is 10.1. The molecule has 8 nitrogen and oxygen atoms in total. The van der Waals surface area contributed by atoms with Gasteiger partial charge in [0.05, 0.1) is 19.8 Å². The van der Waals surface area contributed by atoms with E-state index in [0.29, 0.717) is 30.8 Å². The first-order chi connectivity index (χ1) is 14.8. The molecular formula is C22H26N4O4. The Morgan fingerprint density at radius 1 is 1.10 bits per heavy atom. The molecule has 2 aromatic heterocycles. The van der Waals surface area contributed by atoms with Gasteiger partial charge < -0.3 is 18.7 Å². The van der Waals surface area contributed by atoms with Crippen molar-refractivity contribution >= 4 is 0 Å². The van der Waals surface area contributed by atoms with Crippen molar-refractivity contribution in [2.45, 2.75) is 25.4 Å². The van der Waals surface area contributed by atoms with Crippen LogP contribution in [0.2, 0.25) is 0 Å². The monoisotopic (exact) mass is 410 g/mol. The number of pyridine rings is 1. The first kappa shape index (κ1) is 20.3. The first-order valence-corrected chi connectivity index (χ1v) is 10.1. The third-order valence-corrected chi connectivity index (χ3v) is 5.17. The average molecular weight is 410 g/mol. The molecule has 0 aliphatic carbocycles. The molecular weight excluding hydrogens is 384 g/mol. The molecule has 1 fully saturated rings. The zero-order valence-corrected chi connectivity index (χ0v) is 17.3. The molecule has 8 heteroatoms. The molecule has 4 rings (SSSR count). The molecule has 1 aliphatic heterocycles. The van der Waals surface area contributed by atoms with Crippen LogP contribution in [-0.4, -0.2) is 54.0 Å². The van der Waals surface area contributed by atoms with E-state index >= 15 is 0 Å². The SMILES string of the molecule is COCCOc1ccc(-c2noc([C@@H]3CCCN3Cc3ccc(OC)cc3)n2)cn1. The number of rotatable bonds is 9. The number of methoxy groups -OCH3 is 2. The third kappa shape index (κ3) is 4.77. The highest BCUT2D eigenvalue weighted by Crippen LogP contribution is 2.33. The van der Waals surface area contributed by atoms with Gasteiger partial charge in [0, 0.05) is 31.5 Å². The predicted octanol–water partition coefficient (Wildman–Crippen LogP) is 3.50. The number of hydrogen-bond acceptors (Lipinski definition) is 8. The van der Waals surface area contributed by atoms with Crippen LogP contribution in [0.1, 0.15) is 30.3 Å². The Labute approximate surface area is 175 Å². The minimum Gasteiger partial charge on any atom is -0.497 e. The molecule has 0 amide bonds. The summed E-state index contributed by atoms with van der Waals surface area (Å²) in [5.74, 6) is 2.59. The summed E-state index contributed by atoms with van der Waals surface area (Å²) in [5.41, 5.74) is 2.03. The maximum atomic E-state index is 5.62. The van der Waals surface area contributed by atoms with Crippen LogP contribution in [0.4, 0.5) is 0 Å². The number of ether oxygens (including phenoxy) is 3. The highest BCUT2D eigenvalue weighted by molar-refractivity contribution is 5.53.